The molecular formula is C50H56F2N10O5. The first-order valence-corrected chi connectivity index (χ1v) is 23.9. The second-order valence-electron chi connectivity index (χ2n) is 19.2. The van der Waals surface area contributed by atoms with Gasteiger partial charge in [0.05, 0.1) is 25.9 Å². The van der Waals surface area contributed by atoms with Crippen LogP contribution in [0.3, 0.4) is 0 Å². The number of rotatable bonds is 9. The molecule has 5 aromatic rings. The van der Waals surface area contributed by atoms with Crippen molar-refractivity contribution in [1.29, 1.82) is 0 Å². The molecule has 6 aliphatic rings. The van der Waals surface area contributed by atoms with Crippen LogP contribution in [0.2, 0.25) is 0 Å². The number of piperazine rings is 1. The van der Waals surface area contributed by atoms with E-state index in [1.807, 2.05) is 27.5 Å². The van der Waals surface area contributed by atoms with Crippen LogP contribution in [-0.2, 0) is 40.3 Å². The van der Waals surface area contributed by atoms with Crippen molar-refractivity contribution in [3.05, 3.63) is 88.5 Å². The van der Waals surface area contributed by atoms with Gasteiger partial charge in [-0.15, -0.1) is 0 Å². The van der Waals surface area contributed by atoms with Crippen molar-refractivity contribution < 1.29 is 32.7 Å². The van der Waals surface area contributed by atoms with E-state index in [1.165, 1.54) is 0 Å². The van der Waals surface area contributed by atoms with E-state index in [-0.39, 0.29) is 35.7 Å². The number of carbonyl (C=O) groups excluding carboxylic acids is 4. The predicted molar refractivity (Wildman–Crippen MR) is 247 cm³/mol. The van der Waals surface area contributed by atoms with Crippen LogP contribution in [0, 0.1) is 5.92 Å². The van der Waals surface area contributed by atoms with Gasteiger partial charge in [-0.25, -0.2) is 13.8 Å². The second kappa shape index (κ2) is 17.4. The number of pyridine rings is 1. The van der Waals surface area contributed by atoms with Crippen molar-refractivity contribution >= 4 is 46.5 Å². The average molecular weight is 915 g/mol. The number of nitrogens with zero attached hydrogens (tertiary/aromatic N) is 9. The normalized spacial score (nSPS) is 22.3. The molecular weight excluding hydrogens is 859 g/mol. The molecule has 5 aliphatic heterocycles. The Hall–Kier alpha value is -6.36. The molecule has 3 aromatic heterocycles. The van der Waals surface area contributed by atoms with Crippen LogP contribution < -0.4 is 19.9 Å². The Morgan fingerprint density at radius 1 is 0.881 bits per heavy atom. The summed E-state index contributed by atoms with van der Waals surface area (Å²) in [6.45, 7) is 8.37. The summed E-state index contributed by atoms with van der Waals surface area (Å²) in [6.07, 6.45) is 9.52. The fourth-order valence-corrected chi connectivity index (χ4v) is 11.7. The van der Waals surface area contributed by atoms with Gasteiger partial charge >= 0.3 is 0 Å². The van der Waals surface area contributed by atoms with E-state index >= 15 is 8.78 Å². The number of halogens is 2. The smallest absolute Gasteiger partial charge is 0.264 e. The van der Waals surface area contributed by atoms with Crippen molar-refractivity contribution in [3.8, 4) is 16.9 Å². The monoisotopic (exact) mass is 914 g/mol. The molecule has 2 saturated heterocycles. The first kappa shape index (κ1) is 43.2. The standard InChI is InChI=1S/C50H56F2N10O5/c1-30(63)58-16-13-41-40(28-58)48(60-15-3-4-32-23-37(39(47(51)52)24-43(32)60)38-25-45-53-14-17-59(45)29-44(38)67-2)55-62(41)34-7-5-31(6-8-34)26-56-18-20-57(21-19-56)35-9-10-36-33(22-35)27-61(50(36)66)42-11-12-46(64)54-49(42)65/h9-10,14,17,22-25,29,31,34,42,47H,3-8,11-13,15-16,18-21,26-28H2,1-2H3,(H,54,64,65). The zero-order valence-corrected chi connectivity index (χ0v) is 38.1. The highest BCUT2D eigenvalue weighted by molar-refractivity contribution is 6.05. The fourth-order valence-electron chi connectivity index (χ4n) is 11.7. The molecule has 15 nitrogen and oxygen atoms in total. The van der Waals surface area contributed by atoms with Crippen LogP contribution in [0.5, 0.6) is 5.75 Å². The molecule has 1 aliphatic carbocycles. The summed E-state index contributed by atoms with van der Waals surface area (Å²) in [5.74, 6) is 0.998. The fraction of sp³-hybridized carbons (Fsp3) is 0.480. The highest BCUT2D eigenvalue weighted by atomic mass is 19.3. The number of ether oxygens (including phenoxy) is 1. The molecule has 350 valence electrons. The van der Waals surface area contributed by atoms with E-state index in [9.17, 15) is 19.2 Å². The quantitative estimate of drug-likeness (QED) is 0.164. The Kier molecular flexibility index (Phi) is 11.2. The highest BCUT2D eigenvalue weighted by Gasteiger charge is 2.40. The summed E-state index contributed by atoms with van der Waals surface area (Å²) in [7, 11) is 1.55. The lowest BCUT2D eigenvalue weighted by atomic mass is 9.85. The van der Waals surface area contributed by atoms with Gasteiger partial charge in [0.25, 0.3) is 12.3 Å². The van der Waals surface area contributed by atoms with E-state index < -0.39 is 18.4 Å². The number of fused-ring (bicyclic) bond motifs is 4. The third kappa shape index (κ3) is 7.87. The number of benzene rings is 2. The van der Waals surface area contributed by atoms with E-state index in [1.54, 1.807) is 49.7 Å². The van der Waals surface area contributed by atoms with Crippen molar-refractivity contribution in [3.63, 3.8) is 0 Å². The second-order valence-corrected chi connectivity index (χ2v) is 19.2. The van der Waals surface area contributed by atoms with Crippen molar-refractivity contribution in [2.75, 3.05) is 62.7 Å². The van der Waals surface area contributed by atoms with Gasteiger partial charge in [-0.3, -0.25) is 34.1 Å². The number of methoxy groups -OCH3 is 1. The summed E-state index contributed by atoms with van der Waals surface area (Å²) in [4.78, 5) is 65.3. The van der Waals surface area contributed by atoms with Gasteiger partial charge in [-0.1, -0.05) is 0 Å². The number of imidazole rings is 1. The Morgan fingerprint density at radius 2 is 1.70 bits per heavy atom. The zero-order chi connectivity index (χ0) is 46.1. The third-order valence-corrected chi connectivity index (χ3v) is 15.3. The number of alkyl halides is 2. The average Bonchev–Trinajstić information content (AvgIpc) is 4.05. The Morgan fingerprint density at radius 3 is 2.46 bits per heavy atom. The Balaban J connectivity index is 0.773. The summed E-state index contributed by atoms with van der Waals surface area (Å²) in [5.41, 5.74) is 8.11. The maximum absolute atomic E-state index is 15.2. The summed E-state index contributed by atoms with van der Waals surface area (Å²) >= 11 is 0. The maximum Gasteiger partial charge on any atom is 0.264 e. The summed E-state index contributed by atoms with van der Waals surface area (Å²) < 4.78 is 40.1. The van der Waals surface area contributed by atoms with Crippen molar-refractivity contribution in [2.24, 2.45) is 5.92 Å². The van der Waals surface area contributed by atoms with Crippen molar-refractivity contribution in [2.45, 2.75) is 96.3 Å². The van der Waals surface area contributed by atoms with Gasteiger partial charge in [-0.05, 0) is 104 Å². The Labute approximate surface area is 387 Å². The van der Waals surface area contributed by atoms with E-state index in [2.05, 4.69) is 35.7 Å². The Bertz CT molecular complexity index is 2790. The van der Waals surface area contributed by atoms with Crippen LogP contribution >= 0.6 is 0 Å². The van der Waals surface area contributed by atoms with E-state index in [4.69, 9.17) is 9.84 Å². The minimum Gasteiger partial charge on any atom is -0.495 e. The topological polar surface area (TPSA) is 141 Å². The molecule has 3 fully saturated rings. The number of piperidine rings is 1. The molecule has 11 rings (SSSR count). The molecule has 0 spiro atoms. The summed E-state index contributed by atoms with van der Waals surface area (Å²) in [5, 5.41) is 7.78. The van der Waals surface area contributed by atoms with Gasteiger partial charge < -0.3 is 28.7 Å². The molecule has 67 heavy (non-hydrogen) atoms. The minimum atomic E-state index is -2.73. The number of imide groups is 1. The van der Waals surface area contributed by atoms with Gasteiger partial charge in [0, 0.05) is 124 Å². The van der Waals surface area contributed by atoms with Crippen LogP contribution in [0.4, 0.5) is 26.0 Å². The third-order valence-electron chi connectivity index (χ3n) is 15.3. The molecule has 1 unspecified atom stereocenters. The number of hydrogen-bond donors (Lipinski definition) is 1. The number of carbonyl (C=O) groups is 4. The number of nitrogens with one attached hydrogen (secondary N) is 1. The highest BCUT2D eigenvalue weighted by Crippen LogP contribution is 2.46. The van der Waals surface area contributed by atoms with Crippen molar-refractivity contribution in [1.82, 2.24) is 39.2 Å². The molecule has 1 N–H and O–H groups in total. The molecule has 4 amide bonds. The maximum atomic E-state index is 15.2. The molecule has 1 atom stereocenters. The number of aromatic nitrogens is 4. The number of aryl methyl sites for hydroxylation is 1. The van der Waals surface area contributed by atoms with Crippen LogP contribution in [0.1, 0.15) is 103 Å². The first-order valence-electron chi connectivity index (χ1n) is 23.9. The van der Waals surface area contributed by atoms with Gasteiger partial charge in [0.2, 0.25) is 17.7 Å². The zero-order valence-electron chi connectivity index (χ0n) is 38.1. The molecule has 2 aromatic carbocycles. The lowest BCUT2D eigenvalue weighted by Crippen LogP contribution is -2.52. The molecule has 17 heteroatoms. The van der Waals surface area contributed by atoms with Gasteiger partial charge in [0.1, 0.15) is 17.4 Å². The van der Waals surface area contributed by atoms with E-state index in [0.29, 0.717) is 73.0 Å². The van der Waals surface area contributed by atoms with Crippen LogP contribution in [0.15, 0.2) is 55.0 Å². The summed E-state index contributed by atoms with van der Waals surface area (Å²) in [6, 6.07) is 10.9. The minimum absolute atomic E-state index is 0.0138. The SMILES string of the molecule is COc1cn2ccnc2cc1-c1cc2c(cc1C(F)F)N(c1nn(C3CCC(CN4CCN(c5ccc6c(c5)CN(C5CCC(=O)NC5=O)C6=O)CC4)CC3)c3c1CN(C(C)=O)CC3)CCC2. The lowest BCUT2D eigenvalue weighted by molar-refractivity contribution is -0.137. The van der Waals surface area contributed by atoms with Crippen LogP contribution in [0.25, 0.3) is 16.8 Å². The first-order chi connectivity index (χ1) is 32.5. The molecule has 0 radical (unpaired) electrons. The van der Waals surface area contributed by atoms with Crippen LogP contribution in [-0.4, -0.2) is 116 Å². The van der Waals surface area contributed by atoms with E-state index in [0.717, 1.165) is 111 Å². The van der Waals surface area contributed by atoms with Gasteiger partial charge in [-0.2, -0.15) is 5.10 Å². The molecule has 8 heterocycles. The predicted octanol–water partition coefficient (Wildman–Crippen LogP) is 6.45. The lowest BCUT2D eigenvalue weighted by Gasteiger charge is -2.39. The molecule has 1 saturated carbocycles. The number of hydrogen-bond acceptors (Lipinski definition) is 10. The molecule has 0 bridgehead atoms. The van der Waals surface area contributed by atoms with Gasteiger partial charge in [0.15, 0.2) is 5.82 Å². The largest absolute Gasteiger partial charge is 0.495 e. The number of amides is 4. The number of anilines is 3.